The maximum Gasteiger partial charge on any atom is 0.261 e. The number of nitrogens with one attached hydrogen (secondary N) is 1. The first-order valence-corrected chi connectivity index (χ1v) is 7.14. The number of carbonyl (C=O) groups excluding carboxylic acids is 3. The van der Waals surface area contributed by atoms with Gasteiger partial charge < -0.3 is 5.32 Å². The lowest BCUT2D eigenvalue weighted by molar-refractivity contribution is -0.109. The molecule has 1 aliphatic rings. The van der Waals surface area contributed by atoms with Gasteiger partial charge in [0, 0.05) is 5.38 Å². The second-order valence-corrected chi connectivity index (χ2v) is 5.42. The Kier molecular flexibility index (Phi) is 3.49. The summed E-state index contributed by atoms with van der Waals surface area (Å²) in [7, 11) is 0. The Morgan fingerprint density at radius 3 is 2.48 bits per heavy atom. The molecule has 1 aromatic carbocycles. The van der Waals surface area contributed by atoms with Crippen molar-refractivity contribution in [3.63, 3.8) is 0 Å². The molecule has 0 spiro atoms. The molecule has 1 aliphatic heterocycles. The normalized spacial score (nSPS) is 13.4. The number of fused-ring (bicyclic) bond motifs is 1. The summed E-state index contributed by atoms with van der Waals surface area (Å²) in [6, 6.07) is 6.77. The molecule has 1 N–H and O–H groups in total. The molecule has 7 heteroatoms. The number of carbonyl (C=O) groups is 3. The maximum atomic E-state index is 12.2. The van der Waals surface area contributed by atoms with Crippen molar-refractivity contribution in [2.45, 2.75) is 13.1 Å². The smallest absolute Gasteiger partial charge is 0.261 e. The van der Waals surface area contributed by atoms with Crippen LogP contribution in [-0.4, -0.2) is 28.1 Å². The topological polar surface area (TPSA) is 79.4 Å². The number of imide groups is 1. The molecule has 0 aliphatic carbocycles. The molecule has 21 heavy (non-hydrogen) atoms. The van der Waals surface area contributed by atoms with Crippen molar-refractivity contribution in [3.8, 4) is 0 Å². The van der Waals surface area contributed by atoms with Gasteiger partial charge in [0.15, 0.2) is 0 Å². The number of hydrogen-bond donors (Lipinski definition) is 1. The lowest BCUT2D eigenvalue weighted by atomic mass is 10.1. The standard InChI is InChI=1S/C14H11N3O3S/c18-8-15-5-12-16-9(7-21-12)6-17-13(19)10-3-1-2-4-11(10)14(17)20/h1-4,7-8H,5-6H2,(H,15,18). The summed E-state index contributed by atoms with van der Waals surface area (Å²) in [4.78, 5) is 40.2. The fourth-order valence-corrected chi connectivity index (χ4v) is 2.91. The third kappa shape index (κ3) is 2.43. The number of thiazole rings is 1. The zero-order chi connectivity index (χ0) is 14.8. The van der Waals surface area contributed by atoms with Gasteiger partial charge in [0.1, 0.15) is 5.01 Å². The molecule has 106 valence electrons. The highest BCUT2D eigenvalue weighted by Gasteiger charge is 2.35. The van der Waals surface area contributed by atoms with Crippen LogP contribution in [0.3, 0.4) is 0 Å². The number of nitrogens with zero attached hydrogens (tertiary/aromatic N) is 2. The highest BCUT2D eigenvalue weighted by atomic mass is 32.1. The Hall–Kier alpha value is -2.54. The molecule has 0 radical (unpaired) electrons. The molecule has 6 nitrogen and oxygen atoms in total. The van der Waals surface area contributed by atoms with E-state index in [0.29, 0.717) is 29.8 Å². The maximum absolute atomic E-state index is 12.2. The van der Waals surface area contributed by atoms with Gasteiger partial charge in [-0.05, 0) is 12.1 Å². The van der Waals surface area contributed by atoms with E-state index in [1.165, 1.54) is 16.2 Å². The number of benzene rings is 1. The molecule has 3 rings (SSSR count). The van der Waals surface area contributed by atoms with Gasteiger partial charge in [-0.2, -0.15) is 0 Å². The molecule has 0 saturated carbocycles. The van der Waals surface area contributed by atoms with E-state index in [-0.39, 0.29) is 18.4 Å². The summed E-state index contributed by atoms with van der Waals surface area (Å²) in [6.45, 7) is 0.486. The summed E-state index contributed by atoms with van der Waals surface area (Å²) < 4.78 is 0. The van der Waals surface area contributed by atoms with E-state index in [1.54, 1.807) is 29.6 Å². The Bertz CT molecular complexity index is 691. The molecule has 0 fully saturated rings. The lowest BCUT2D eigenvalue weighted by Crippen LogP contribution is -2.29. The third-order valence-corrected chi connectivity index (χ3v) is 4.03. The molecule has 1 aromatic heterocycles. The van der Waals surface area contributed by atoms with E-state index in [1.807, 2.05) is 0 Å². The van der Waals surface area contributed by atoms with E-state index in [2.05, 4.69) is 10.3 Å². The molecule has 0 saturated heterocycles. The van der Waals surface area contributed by atoms with Gasteiger partial charge in [-0.15, -0.1) is 11.3 Å². The van der Waals surface area contributed by atoms with Gasteiger partial charge in [0.05, 0.1) is 29.9 Å². The fourth-order valence-electron chi connectivity index (χ4n) is 2.18. The molecule has 0 atom stereocenters. The second kappa shape index (κ2) is 5.45. The van der Waals surface area contributed by atoms with E-state index >= 15 is 0 Å². The van der Waals surface area contributed by atoms with Crippen LogP contribution in [0.15, 0.2) is 29.6 Å². The molecule has 2 heterocycles. The first kappa shape index (κ1) is 13.4. The number of aromatic nitrogens is 1. The van der Waals surface area contributed by atoms with Crippen LogP contribution in [0.4, 0.5) is 0 Å². The predicted molar refractivity (Wildman–Crippen MR) is 75.7 cm³/mol. The minimum absolute atomic E-state index is 0.143. The number of rotatable bonds is 5. The summed E-state index contributed by atoms with van der Waals surface area (Å²) in [6.07, 6.45) is 0.602. The van der Waals surface area contributed by atoms with E-state index < -0.39 is 0 Å². The van der Waals surface area contributed by atoms with Crippen molar-refractivity contribution >= 4 is 29.6 Å². The van der Waals surface area contributed by atoms with E-state index in [4.69, 9.17) is 0 Å². The average Bonchev–Trinajstić information content (AvgIpc) is 3.05. The molecule has 0 bridgehead atoms. The van der Waals surface area contributed by atoms with E-state index in [0.717, 1.165) is 5.01 Å². The van der Waals surface area contributed by atoms with Gasteiger partial charge in [-0.1, -0.05) is 12.1 Å². The highest BCUT2D eigenvalue weighted by molar-refractivity contribution is 7.09. The Morgan fingerprint density at radius 1 is 1.19 bits per heavy atom. The summed E-state index contributed by atoms with van der Waals surface area (Å²) in [5.41, 5.74) is 1.50. The van der Waals surface area contributed by atoms with Crippen LogP contribution >= 0.6 is 11.3 Å². The fraction of sp³-hybridized carbons (Fsp3) is 0.143. The van der Waals surface area contributed by atoms with Crippen LogP contribution in [-0.2, 0) is 17.9 Å². The van der Waals surface area contributed by atoms with Crippen LogP contribution in [0.5, 0.6) is 0 Å². The third-order valence-electron chi connectivity index (χ3n) is 3.13. The number of amides is 3. The quantitative estimate of drug-likeness (QED) is 0.664. The van der Waals surface area contributed by atoms with Gasteiger partial charge in [-0.3, -0.25) is 19.3 Å². The zero-order valence-electron chi connectivity index (χ0n) is 10.9. The molecular formula is C14H11N3O3S. The first-order valence-electron chi connectivity index (χ1n) is 6.26. The molecular weight excluding hydrogens is 290 g/mol. The van der Waals surface area contributed by atoms with Crippen LogP contribution in [0.2, 0.25) is 0 Å². The van der Waals surface area contributed by atoms with Crippen molar-refractivity contribution in [2.24, 2.45) is 0 Å². The minimum Gasteiger partial charge on any atom is -0.352 e. The van der Waals surface area contributed by atoms with Crippen molar-refractivity contribution in [1.29, 1.82) is 0 Å². The summed E-state index contributed by atoms with van der Waals surface area (Å²) in [5.74, 6) is -0.590. The van der Waals surface area contributed by atoms with Crippen LogP contribution in [0, 0.1) is 0 Å². The minimum atomic E-state index is -0.295. The van der Waals surface area contributed by atoms with Gasteiger partial charge in [0.25, 0.3) is 11.8 Å². The predicted octanol–water partition coefficient (Wildman–Crippen LogP) is 1.19. The van der Waals surface area contributed by atoms with Gasteiger partial charge in [0.2, 0.25) is 6.41 Å². The van der Waals surface area contributed by atoms with Crippen molar-refractivity contribution < 1.29 is 14.4 Å². The van der Waals surface area contributed by atoms with Gasteiger partial charge in [-0.25, -0.2) is 4.98 Å². The largest absolute Gasteiger partial charge is 0.352 e. The average molecular weight is 301 g/mol. The Balaban J connectivity index is 1.77. The lowest BCUT2D eigenvalue weighted by Gasteiger charge is -2.11. The van der Waals surface area contributed by atoms with Gasteiger partial charge >= 0.3 is 0 Å². The SMILES string of the molecule is O=CNCc1nc(CN2C(=O)c3ccccc3C2=O)cs1. The Labute approximate surface area is 124 Å². The molecule has 0 unspecified atom stereocenters. The van der Waals surface area contributed by atoms with Crippen molar-refractivity contribution in [1.82, 2.24) is 15.2 Å². The zero-order valence-corrected chi connectivity index (χ0v) is 11.7. The van der Waals surface area contributed by atoms with Crippen LogP contribution < -0.4 is 5.32 Å². The van der Waals surface area contributed by atoms with E-state index in [9.17, 15) is 14.4 Å². The highest BCUT2D eigenvalue weighted by Crippen LogP contribution is 2.24. The van der Waals surface area contributed by atoms with Crippen LogP contribution in [0.1, 0.15) is 31.4 Å². The van der Waals surface area contributed by atoms with Crippen molar-refractivity contribution in [2.75, 3.05) is 0 Å². The monoisotopic (exact) mass is 301 g/mol. The van der Waals surface area contributed by atoms with Crippen molar-refractivity contribution in [3.05, 3.63) is 51.5 Å². The second-order valence-electron chi connectivity index (χ2n) is 4.47. The summed E-state index contributed by atoms with van der Waals surface area (Å²) in [5, 5.41) is 5.04. The molecule has 3 amide bonds. The van der Waals surface area contributed by atoms with Crippen LogP contribution in [0.25, 0.3) is 0 Å². The first-order chi connectivity index (χ1) is 10.2. The summed E-state index contributed by atoms with van der Waals surface area (Å²) >= 11 is 1.38. The molecule has 2 aromatic rings. The Morgan fingerprint density at radius 2 is 1.86 bits per heavy atom. The number of hydrogen-bond acceptors (Lipinski definition) is 5.